The van der Waals surface area contributed by atoms with Gasteiger partial charge in [0.2, 0.25) is 0 Å². The lowest BCUT2D eigenvalue weighted by molar-refractivity contribution is 0.0697. The lowest BCUT2D eigenvalue weighted by atomic mass is 9.70. The van der Waals surface area contributed by atoms with E-state index in [4.69, 9.17) is 0 Å². The zero-order valence-electron chi connectivity index (χ0n) is 12.0. The number of carboxylic acids is 1. The third-order valence-electron chi connectivity index (χ3n) is 4.06. The van der Waals surface area contributed by atoms with Gasteiger partial charge in [0.05, 0.1) is 5.56 Å². The number of rotatable bonds is 4. The van der Waals surface area contributed by atoms with E-state index in [2.05, 4.69) is 17.6 Å². The van der Waals surface area contributed by atoms with Crippen LogP contribution < -0.4 is 10.6 Å². The second kappa shape index (κ2) is 5.44. The lowest BCUT2D eigenvalue weighted by Gasteiger charge is -2.38. The molecule has 3 N–H and O–H groups in total. The van der Waals surface area contributed by atoms with Gasteiger partial charge in [0, 0.05) is 11.4 Å². The molecule has 0 bridgehead atoms. The quantitative estimate of drug-likeness (QED) is 0.797. The minimum Gasteiger partial charge on any atom is -0.478 e. The van der Waals surface area contributed by atoms with Crippen molar-refractivity contribution in [3.05, 3.63) is 16.0 Å². The molecule has 20 heavy (non-hydrogen) atoms. The van der Waals surface area contributed by atoms with Gasteiger partial charge in [0.1, 0.15) is 5.00 Å². The average molecular weight is 296 g/mol. The molecule has 0 unspecified atom stereocenters. The number of urea groups is 1. The summed E-state index contributed by atoms with van der Waals surface area (Å²) in [7, 11) is 0. The van der Waals surface area contributed by atoms with E-state index < -0.39 is 5.97 Å². The fourth-order valence-corrected chi connectivity index (χ4v) is 3.42. The molecule has 1 aliphatic carbocycles. The Kier molecular flexibility index (Phi) is 4.04. The summed E-state index contributed by atoms with van der Waals surface area (Å²) >= 11 is 1.30. The number of carbonyl (C=O) groups is 2. The van der Waals surface area contributed by atoms with E-state index in [1.807, 2.05) is 6.92 Å². The van der Waals surface area contributed by atoms with Crippen LogP contribution in [0.5, 0.6) is 0 Å². The number of hydrogen-bond acceptors (Lipinski definition) is 3. The van der Waals surface area contributed by atoms with E-state index in [0.29, 0.717) is 17.1 Å². The van der Waals surface area contributed by atoms with E-state index in [1.165, 1.54) is 17.8 Å². The van der Waals surface area contributed by atoms with Gasteiger partial charge in [-0.15, -0.1) is 11.3 Å². The Labute approximate surface area is 122 Å². The van der Waals surface area contributed by atoms with Crippen LogP contribution in [0.4, 0.5) is 9.80 Å². The number of carboxylic acid groups (broad SMARTS) is 1. The van der Waals surface area contributed by atoms with Crippen LogP contribution in [0.1, 0.15) is 47.0 Å². The Balaban J connectivity index is 2.00. The largest absolute Gasteiger partial charge is 0.478 e. The molecule has 1 heterocycles. The van der Waals surface area contributed by atoms with Crippen molar-refractivity contribution in [2.75, 3.05) is 11.9 Å². The van der Waals surface area contributed by atoms with Gasteiger partial charge in [-0.05, 0) is 37.7 Å². The molecule has 1 fully saturated rings. The molecule has 0 atom stereocenters. The fourth-order valence-electron chi connectivity index (χ4n) is 2.37. The Morgan fingerprint density at radius 2 is 2.00 bits per heavy atom. The first kappa shape index (κ1) is 14.8. The Morgan fingerprint density at radius 3 is 2.50 bits per heavy atom. The molecule has 0 radical (unpaired) electrons. The van der Waals surface area contributed by atoms with E-state index in [-0.39, 0.29) is 17.0 Å². The lowest BCUT2D eigenvalue weighted by Crippen LogP contribution is -2.41. The second-order valence-corrected chi connectivity index (χ2v) is 6.99. The third kappa shape index (κ3) is 2.95. The highest BCUT2D eigenvalue weighted by molar-refractivity contribution is 7.16. The maximum Gasteiger partial charge on any atom is 0.338 e. The molecular weight excluding hydrogens is 276 g/mol. The van der Waals surface area contributed by atoms with Crippen LogP contribution in [0.25, 0.3) is 0 Å². The van der Waals surface area contributed by atoms with Crippen LogP contribution >= 0.6 is 11.3 Å². The van der Waals surface area contributed by atoms with E-state index in [1.54, 1.807) is 6.92 Å². The summed E-state index contributed by atoms with van der Waals surface area (Å²) in [5.41, 5.74) is 1.11. The molecule has 2 rings (SSSR count). The molecule has 2 amide bonds. The number of anilines is 1. The number of thiophene rings is 1. The van der Waals surface area contributed by atoms with Crippen LogP contribution in [0.15, 0.2) is 0 Å². The summed E-state index contributed by atoms with van der Waals surface area (Å²) in [6.45, 7) is 6.39. The van der Waals surface area contributed by atoms with Crippen molar-refractivity contribution in [1.29, 1.82) is 0 Å². The molecule has 110 valence electrons. The van der Waals surface area contributed by atoms with Crippen molar-refractivity contribution in [2.45, 2.75) is 40.0 Å². The topological polar surface area (TPSA) is 78.4 Å². The first-order chi connectivity index (χ1) is 9.32. The average Bonchev–Trinajstić information content (AvgIpc) is 2.60. The fraction of sp³-hybridized carbons (Fsp3) is 0.571. The predicted molar refractivity (Wildman–Crippen MR) is 79.7 cm³/mol. The van der Waals surface area contributed by atoms with E-state index in [0.717, 1.165) is 17.7 Å². The van der Waals surface area contributed by atoms with Crippen molar-refractivity contribution in [3.8, 4) is 0 Å². The van der Waals surface area contributed by atoms with Crippen LogP contribution in [0.3, 0.4) is 0 Å². The maximum atomic E-state index is 11.9. The van der Waals surface area contributed by atoms with E-state index >= 15 is 0 Å². The van der Waals surface area contributed by atoms with E-state index in [9.17, 15) is 14.7 Å². The van der Waals surface area contributed by atoms with Gasteiger partial charge in [-0.2, -0.15) is 0 Å². The van der Waals surface area contributed by atoms with Crippen LogP contribution in [-0.4, -0.2) is 23.7 Å². The minimum absolute atomic E-state index is 0.192. The van der Waals surface area contributed by atoms with Gasteiger partial charge in [0.25, 0.3) is 0 Å². The molecule has 0 spiro atoms. The second-order valence-electron chi connectivity index (χ2n) is 5.76. The van der Waals surface area contributed by atoms with Gasteiger partial charge < -0.3 is 10.4 Å². The van der Waals surface area contributed by atoms with Crippen molar-refractivity contribution in [3.63, 3.8) is 0 Å². The van der Waals surface area contributed by atoms with Gasteiger partial charge in [-0.3, -0.25) is 5.32 Å². The highest BCUT2D eigenvalue weighted by Crippen LogP contribution is 2.39. The summed E-state index contributed by atoms with van der Waals surface area (Å²) in [5.74, 6) is -1.01. The summed E-state index contributed by atoms with van der Waals surface area (Å²) in [6, 6.07) is -0.332. The van der Waals surface area contributed by atoms with Crippen LogP contribution in [0.2, 0.25) is 0 Å². The third-order valence-corrected chi connectivity index (χ3v) is 5.19. The van der Waals surface area contributed by atoms with Crippen molar-refractivity contribution < 1.29 is 14.7 Å². The monoisotopic (exact) mass is 296 g/mol. The van der Waals surface area contributed by atoms with Crippen molar-refractivity contribution in [2.24, 2.45) is 5.41 Å². The molecule has 0 saturated heterocycles. The first-order valence-electron chi connectivity index (χ1n) is 6.70. The number of amides is 2. The molecular formula is C14H20N2O3S. The summed E-state index contributed by atoms with van der Waals surface area (Å²) in [5, 5.41) is 15.1. The Hall–Kier alpha value is -1.56. The Morgan fingerprint density at radius 1 is 1.35 bits per heavy atom. The highest BCUT2D eigenvalue weighted by Gasteiger charge is 2.32. The van der Waals surface area contributed by atoms with Gasteiger partial charge in [-0.25, -0.2) is 9.59 Å². The molecule has 1 aromatic heterocycles. The number of aryl methyl sites for hydroxylation is 1. The Bertz CT molecular complexity index is 547. The number of nitrogens with one attached hydrogen (secondary N) is 2. The number of hydrogen-bond donors (Lipinski definition) is 3. The first-order valence-corrected chi connectivity index (χ1v) is 7.52. The summed E-state index contributed by atoms with van der Waals surface area (Å²) in [6.07, 6.45) is 3.47. The normalized spacial score (nSPS) is 16.4. The SMILES string of the molecule is Cc1sc(NC(=O)NCC2(C)CCC2)c(C(=O)O)c1C. The van der Waals surface area contributed by atoms with Gasteiger partial charge in [0.15, 0.2) is 0 Å². The van der Waals surface area contributed by atoms with Crippen molar-refractivity contribution >= 4 is 28.3 Å². The number of carbonyl (C=O) groups excluding carboxylic acids is 1. The smallest absolute Gasteiger partial charge is 0.338 e. The molecule has 0 aromatic carbocycles. The minimum atomic E-state index is -1.01. The summed E-state index contributed by atoms with van der Waals surface area (Å²) in [4.78, 5) is 24.0. The molecule has 6 heteroatoms. The van der Waals surface area contributed by atoms with Crippen LogP contribution in [-0.2, 0) is 0 Å². The molecule has 1 aliphatic rings. The van der Waals surface area contributed by atoms with Gasteiger partial charge >= 0.3 is 12.0 Å². The summed E-state index contributed by atoms with van der Waals surface area (Å²) < 4.78 is 0. The standard InChI is InChI=1S/C14H20N2O3S/c1-8-9(2)20-11(10(8)12(17)18)16-13(19)15-7-14(3)5-4-6-14/h4-7H2,1-3H3,(H,17,18)(H2,15,16,19). The van der Waals surface area contributed by atoms with Gasteiger partial charge in [-0.1, -0.05) is 13.3 Å². The molecule has 0 aliphatic heterocycles. The maximum absolute atomic E-state index is 11.9. The zero-order valence-corrected chi connectivity index (χ0v) is 12.8. The molecule has 1 saturated carbocycles. The number of aromatic carboxylic acids is 1. The van der Waals surface area contributed by atoms with Crippen molar-refractivity contribution in [1.82, 2.24) is 5.32 Å². The highest BCUT2D eigenvalue weighted by atomic mass is 32.1. The zero-order chi connectivity index (χ0) is 14.9. The van der Waals surface area contributed by atoms with Crippen LogP contribution in [0, 0.1) is 19.3 Å². The molecule has 5 nitrogen and oxygen atoms in total. The molecule has 1 aromatic rings. The predicted octanol–water partition coefficient (Wildman–Crippen LogP) is 3.37.